The molecule has 4 nitrogen and oxygen atoms in total. The molecule has 0 aliphatic heterocycles. The third-order valence-corrected chi connectivity index (χ3v) is 9.79. The molecule has 0 aliphatic rings. The summed E-state index contributed by atoms with van der Waals surface area (Å²) in [6.45, 7) is 0. The van der Waals surface area contributed by atoms with E-state index in [0.29, 0.717) is 5.82 Å². The smallest absolute Gasteiger partial charge is 0.160 e. The second-order valence-electron chi connectivity index (χ2n) is 12.8. The summed E-state index contributed by atoms with van der Waals surface area (Å²) in [6.07, 6.45) is 0. The van der Waals surface area contributed by atoms with E-state index in [1.807, 2.05) is 36.4 Å². The summed E-state index contributed by atoms with van der Waals surface area (Å²) >= 11 is 0. The lowest BCUT2D eigenvalue weighted by Crippen LogP contribution is -1.99. The van der Waals surface area contributed by atoms with Crippen LogP contribution in [0.1, 0.15) is 0 Å². The molecule has 0 aliphatic carbocycles. The standard InChI is InChI=1S/C47H30N4/c1-4-15-32(16-5-1)40-30-41(49-47(48-40)35-19-8-3-9-20-35)33-24-27-36(28-25-33)51-42-23-13-12-22-38(42)43-39-29-26-31-14-10-11-21-37(31)45(39)50-44(46(43)51)34-17-6-2-7-18-34/h1-30H. The Morgan fingerprint density at radius 3 is 1.67 bits per heavy atom. The normalized spacial score (nSPS) is 11.5. The number of rotatable bonds is 5. The molecule has 4 heteroatoms. The molecule has 0 atom stereocenters. The number of aromatic nitrogens is 4. The summed E-state index contributed by atoms with van der Waals surface area (Å²) in [5.41, 5.74) is 11.2. The summed E-state index contributed by atoms with van der Waals surface area (Å²) < 4.78 is 2.38. The van der Waals surface area contributed by atoms with Crippen molar-refractivity contribution in [2.24, 2.45) is 0 Å². The summed E-state index contributed by atoms with van der Waals surface area (Å²) in [5.74, 6) is 0.705. The molecule has 3 aromatic heterocycles. The number of pyridine rings is 1. The molecule has 7 aromatic carbocycles. The molecular formula is C47H30N4. The van der Waals surface area contributed by atoms with Crippen molar-refractivity contribution in [2.45, 2.75) is 0 Å². The van der Waals surface area contributed by atoms with E-state index in [2.05, 4.69) is 150 Å². The van der Waals surface area contributed by atoms with Gasteiger partial charge in [-0.15, -0.1) is 0 Å². The highest BCUT2D eigenvalue weighted by Gasteiger charge is 2.21. The molecule has 0 N–H and O–H groups in total. The van der Waals surface area contributed by atoms with Crippen molar-refractivity contribution in [1.82, 2.24) is 19.5 Å². The van der Waals surface area contributed by atoms with Gasteiger partial charge in [0.1, 0.15) is 0 Å². The van der Waals surface area contributed by atoms with Crippen LogP contribution < -0.4 is 0 Å². The summed E-state index contributed by atoms with van der Waals surface area (Å²) in [6, 6.07) is 63.6. The summed E-state index contributed by atoms with van der Waals surface area (Å²) in [5, 5.41) is 5.90. The average Bonchev–Trinajstić information content (AvgIpc) is 3.57. The lowest BCUT2D eigenvalue weighted by atomic mass is 9.99. The third-order valence-electron chi connectivity index (χ3n) is 9.79. The van der Waals surface area contributed by atoms with Gasteiger partial charge in [-0.2, -0.15) is 0 Å². The van der Waals surface area contributed by atoms with E-state index in [-0.39, 0.29) is 0 Å². The van der Waals surface area contributed by atoms with Crippen LogP contribution in [0, 0.1) is 0 Å². The third kappa shape index (κ3) is 4.88. The van der Waals surface area contributed by atoms with Crippen molar-refractivity contribution in [3.05, 3.63) is 182 Å². The first-order valence-electron chi connectivity index (χ1n) is 17.2. The van der Waals surface area contributed by atoms with E-state index < -0.39 is 0 Å². The fraction of sp³-hybridized carbons (Fsp3) is 0. The molecule has 0 unspecified atom stereocenters. The minimum atomic E-state index is 0.705. The molecule has 3 heterocycles. The molecule has 0 fully saturated rings. The Labute approximate surface area is 295 Å². The van der Waals surface area contributed by atoms with Gasteiger partial charge in [0, 0.05) is 49.5 Å². The SMILES string of the molecule is c1ccc(-c2cc(-c3ccc(-n4c5ccccc5c5c6ccc7ccccc7c6nc(-c6ccccc6)c54)cc3)nc(-c3ccccc3)n2)cc1. The zero-order valence-electron chi connectivity index (χ0n) is 27.6. The first-order valence-corrected chi connectivity index (χ1v) is 17.2. The van der Waals surface area contributed by atoms with Gasteiger partial charge in [-0.3, -0.25) is 0 Å². The lowest BCUT2D eigenvalue weighted by Gasteiger charge is -2.14. The van der Waals surface area contributed by atoms with E-state index in [9.17, 15) is 0 Å². The van der Waals surface area contributed by atoms with Crippen LogP contribution in [0.25, 0.3) is 94.3 Å². The van der Waals surface area contributed by atoms with Crippen LogP contribution in [0.3, 0.4) is 0 Å². The van der Waals surface area contributed by atoms with Crippen LogP contribution in [0.2, 0.25) is 0 Å². The van der Waals surface area contributed by atoms with E-state index in [0.717, 1.165) is 72.3 Å². The molecular weight excluding hydrogens is 621 g/mol. The minimum Gasteiger partial charge on any atom is -0.307 e. The van der Waals surface area contributed by atoms with Gasteiger partial charge in [0.2, 0.25) is 0 Å². The van der Waals surface area contributed by atoms with Gasteiger partial charge in [-0.05, 0) is 29.7 Å². The molecule has 0 spiro atoms. The molecule has 10 aromatic rings. The molecule has 0 radical (unpaired) electrons. The van der Waals surface area contributed by atoms with Gasteiger partial charge >= 0.3 is 0 Å². The van der Waals surface area contributed by atoms with Crippen molar-refractivity contribution in [2.75, 3.05) is 0 Å². The van der Waals surface area contributed by atoms with Crippen molar-refractivity contribution >= 4 is 43.5 Å². The molecule has 0 bridgehead atoms. The fourth-order valence-corrected chi connectivity index (χ4v) is 7.39. The molecule has 0 saturated carbocycles. The Kier molecular flexibility index (Phi) is 6.78. The van der Waals surface area contributed by atoms with Gasteiger partial charge in [0.25, 0.3) is 0 Å². The van der Waals surface area contributed by atoms with Crippen LogP contribution in [-0.2, 0) is 0 Å². The number of fused-ring (bicyclic) bond motifs is 7. The Balaban J connectivity index is 1.21. The van der Waals surface area contributed by atoms with Gasteiger partial charge in [0.05, 0.1) is 33.6 Å². The highest BCUT2D eigenvalue weighted by molar-refractivity contribution is 6.26. The minimum absolute atomic E-state index is 0.705. The fourth-order valence-electron chi connectivity index (χ4n) is 7.39. The summed E-state index contributed by atoms with van der Waals surface area (Å²) in [7, 11) is 0. The van der Waals surface area contributed by atoms with Crippen LogP contribution in [0.4, 0.5) is 0 Å². The number of nitrogens with zero attached hydrogens (tertiary/aromatic N) is 4. The Bertz CT molecular complexity index is 2820. The maximum Gasteiger partial charge on any atom is 0.160 e. The zero-order chi connectivity index (χ0) is 33.7. The summed E-state index contributed by atoms with van der Waals surface area (Å²) in [4.78, 5) is 15.6. The van der Waals surface area contributed by atoms with Crippen molar-refractivity contribution < 1.29 is 0 Å². The predicted octanol–water partition coefficient (Wildman–Crippen LogP) is 11.9. The van der Waals surface area contributed by atoms with Gasteiger partial charge in [-0.25, -0.2) is 15.0 Å². The predicted molar refractivity (Wildman–Crippen MR) is 211 cm³/mol. The number of benzene rings is 7. The van der Waals surface area contributed by atoms with Crippen molar-refractivity contribution in [1.29, 1.82) is 0 Å². The van der Waals surface area contributed by atoms with Crippen molar-refractivity contribution in [3.8, 4) is 50.8 Å². The molecule has 10 rings (SSSR count). The highest BCUT2D eigenvalue weighted by Crippen LogP contribution is 2.42. The Morgan fingerprint density at radius 1 is 0.392 bits per heavy atom. The van der Waals surface area contributed by atoms with Crippen LogP contribution in [0.5, 0.6) is 0 Å². The Morgan fingerprint density at radius 2 is 0.961 bits per heavy atom. The van der Waals surface area contributed by atoms with E-state index in [1.54, 1.807) is 0 Å². The van der Waals surface area contributed by atoms with E-state index >= 15 is 0 Å². The number of hydrogen-bond donors (Lipinski definition) is 0. The van der Waals surface area contributed by atoms with E-state index in [1.165, 1.54) is 16.2 Å². The highest BCUT2D eigenvalue weighted by atomic mass is 15.0. The maximum atomic E-state index is 5.49. The second-order valence-corrected chi connectivity index (χ2v) is 12.8. The second kappa shape index (κ2) is 11.9. The van der Waals surface area contributed by atoms with Crippen LogP contribution in [-0.4, -0.2) is 19.5 Å². The zero-order valence-corrected chi connectivity index (χ0v) is 27.6. The Hall–Kier alpha value is -6.91. The molecule has 51 heavy (non-hydrogen) atoms. The lowest BCUT2D eigenvalue weighted by molar-refractivity contribution is 1.16. The topological polar surface area (TPSA) is 43.6 Å². The van der Waals surface area contributed by atoms with Crippen LogP contribution >= 0.6 is 0 Å². The quantitative estimate of drug-likeness (QED) is 0.174. The van der Waals surface area contributed by atoms with E-state index in [4.69, 9.17) is 15.0 Å². The number of hydrogen-bond acceptors (Lipinski definition) is 3. The van der Waals surface area contributed by atoms with Crippen LogP contribution in [0.15, 0.2) is 182 Å². The van der Waals surface area contributed by atoms with Gasteiger partial charge in [0.15, 0.2) is 5.82 Å². The molecule has 0 amide bonds. The molecule has 238 valence electrons. The van der Waals surface area contributed by atoms with Crippen molar-refractivity contribution in [3.63, 3.8) is 0 Å². The first-order chi connectivity index (χ1) is 25.3. The largest absolute Gasteiger partial charge is 0.307 e. The van der Waals surface area contributed by atoms with Gasteiger partial charge < -0.3 is 4.57 Å². The number of para-hydroxylation sites is 1. The molecule has 0 saturated heterocycles. The maximum absolute atomic E-state index is 5.49. The monoisotopic (exact) mass is 650 g/mol. The van der Waals surface area contributed by atoms with Gasteiger partial charge in [-0.1, -0.05) is 158 Å². The average molecular weight is 651 g/mol. The first kappa shape index (κ1) is 29.0.